The maximum atomic E-state index is 6.66. The van der Waals surface area contributed by atoms with Gasteiger partial charge in [-0.1, -0.05) is 64.7 Å². The van der Waals surface area contributed by atoms with Crippen LogP contribution in [0.25, 0.3) is 0 Å². The Hall–Kier alpha value is -3.00. The van der Waals surface area contributed by atoms with Crippen LogP contribution in [0.1, 0.15) is 102 Å². The number of rotatable bonds is 18. The van der Waals surface area contributed by atoms with Crippen LogP contribution < -0.4 is 9.47 Å². The van der Waals surface area contributed by atoms with Crippen molar-refractivity contribution in [1.29, 1.82) is 0 Å². The quantitative estimate of drug-likeness (QED) is 0.0894. The zero-order valence-corrected chi connectivity index (χ0v) is 33.5. The molecule has 0 aliphatic carbocycles. The number of hydrogen-bond donors (Lipinski definition) is 0. The van der Waals surface area contributed by atoms with Gasteiger partial charge in [-0.15, -0.1) is 5.92 Å². The monoisotopic (exact) mass is 727 g/mol. The molecule has 6 heterocycles. The predicted molar refractivity (Wildman–Crippen MR) is 221 cm³/mol. The summed E-state index contributed by atoms with van der Waals surface area (Å²) in [4.78, 5) is 0. The third kappa shape index (κ3) is 10.6. The molecule has 6 nitrogen and oxygen atoms in total. The summed E-state index contributed by atoms with van der Waals surface area (Å²) in [5.41, 5.74) is 4.06. The third-order valence-electron chi connectivity index (χ3n) is 13.7. The summed E-state index contributed by atoms with van der Waals surface area (Å²) in [6, 6.07) is 12.6. The van der Waals surface area contributed by atoms with E-state index in [2.05, 4.69) is 80.9 Å². The Morgan fingerprint density at radius 2 is 0.925 bits per heavy atom. The van der Waals surface area contributed by atoms with Gasteiger partial charge in [-0.25, -0.2) is 0 Å². The minimum Gasteiger partial charge on any atom is -0.487 e. The number of aryl methyl sites for hydroxylation is 1. The Bertz CT molecular complexity index is 1540. The Labute approximate surface area is 324 Å². The molecule has 0 spiro atoms. The molecule has 6 heteroatoms. The molecule has 2 aromatic carbocycles. The Kier molecular flexibility index (Phi) is 14.8. The summed E-state index contributed by atoms with van der Waals surface area (Å²) in [6.45, 7) is 31.0. The molecule has 0 amide bonds. The van der Waals surface area contributed by atoms with E-state index < -0.39 is 0 Å². The summed E-state index contributed by atoms with van der Waals surface area (Å²) in [5, 5.41) is 0. The van der Waals surface area contributed by atoms with Crippen LogP contribution in [0.4, 0.5) is 0 Å². The molecule has 8 rings (SSSR count). The Morgan fingerprint density at radius 1 is 0.509 bits per heavy atom. The number of quaternary nitrogens is 4. The van der Waals surface area contributed by atoms with Crippen LogP contribution in [0, 0.1) is 30.6 Å². The second-order valence-corrected chi connectivity index (χ2v) is 17.1. The molecule has 6 aliphatic rings. The van der Waals surface area contributed by atoms with Crippen LogP contribution in [-0.4, -0.2) is 136 Å². The fourth-order valence-electron chi connectivity index (χ4n) is 9.63. The molecule has 53 heavy (non-hydrogen) atoms. The molecule has 0 saturated carbocycles. The molecule has 0 atom stereocenters. The topological polar surface area (TPSA) is 18.5 Å². The van der Waals surface area contributed by atoms with Crippen molar-refractivity contribution in [1.82, 2.24) is 0 Å². The van der Waals surface area contributed by atoms with E-state index in [0.29, 0.717) is 0 Å². The van der Waals surface area contributed by atoms with Gasteiger partial charge < -0.3 is 27.4 Å². The maximum absolute atomic E-state index is 6.66. The van der Waals surface area contributed by atoms with E-state index in [0.717, 1.165) is 60.1 Å². The second kappa shape index (κ2) is 19.0. The number of hydrogen-bond acceptors (Lipinski definition) is 2. The lowest BCUT2D eigenvalue weighted by Gasteiger charge is -2.55. The van der Waals surface area contributed by atoms with Crippen LogP contribution in [-0.2, 0) is 0 Å². The molecule has 4 bridgehead atoms. The zero-order valence-electron chi connectivity index (χ0n) is 33.5. The first kappa shape index (κ1) is 41.2. The van der Waals surface area contributed by atoms with Gasteiger partial charge in [0.25, 0.3) is 0 Å². The van der Waals surface area contributed by atoms with Crippen molar-refractivity contribution in [3.63, 3.8) is 0 Å². The molecule has 6 fully saturated rings. The van der Waals surface area contributed by atoms with Gasteiger partial charge in [0.05, 0.1) is 18.7 Å². The van der Waals surface area contributed by atoms with E-state index in [9.17, 15) is 0 Å². The predicted octanol–water partition coefficient (Wildman–Crippen LogP) is 7.64. The molecule has 6 aliphatic heterocycles. The van der Waals surface area contributed by atoms with Gasteiger partial charge in [-0.05, 0) is 81.5 Å². The first-order chi connectivity index (χ1) is 25.3. The molecule has 0 aromatic heterocycles. The average Bonchev–Trinajstić information content (AvgIpc) is 3.18. The van der Waals surface area contributed by atoms with E-state index >= 15 is 0 Å². The summed E-state index contributed by atoms with van der Waals surface area (Å²) >= 11 is 0. The van der Waals surface area contributed by atoms with Gasteiger partial charge in [0.15, 0.2) is 0 Å². The highest BCUT2D eigenvalue weighted by Crippen LogP contribution is 2.32. The van der Waals surface area contributed by atoms with E-state index in [1.807, 2.05) is 6.92 Å². The zero-order chi connectivity index (χ0) is 36.3. The lowest BCUT2D eigenvalue weighted by atomic mass is 10.0. The number of unbranched alkanes of at least 4 members (excludes halogenated alkanes) is 6. The molecule has 0 unspecified atom stereocenters. The molecule has 6 saturated heterocycles. The standard InChI is InChI=1S/C46H70N4O2.CH4/c1-5-8-10-12-21-47-23-29-49(30-24-47,31-25-47)35-37-51-45-40-44(20-19-43-17-15-42(14-7-3)16-18-43)46(39-41(45)4)52-38-36-50-32-26-48(27-33-50,28-34-50)22-13-11-9-6-2;/h15-18,39-40H,5-6,8-13,21-38H2,1-4H3;1H4/q+4;. The van der Waals surface area contributed by atoms with E-state index in [-0.39, 0.29) is 7.43 Å². The molecule has 290 valence electrons. The van der Waals surface area contributed by atoms with Crippen molar-refractivity contribution in [3.8, 4) is 35.2 Å². The number of benzene rings is 2. The smallest absolute Gasteiger partial charge is 0.137 e. The van der Waals surface area contributed by atoms with Crippen molar-refractivity contribution in [2.24, 2.45) is 0 Å². The highest BCUT2D eigenvalue weighted by Gasteiger charge is 2.49. The molecule has 0 radical (unpaired) electrons. The lowest BCUT2D eigenvalue weighted by molar-refractivity contribution is -1.08. The number of fused-ring (bicyclic) bond motifs is 6. The normalized spacial score (nSPS) is 26.9. The van der Waals surface area contributed by atoms with Crippen molar-refractivity contribution in [2.45, 2.75) is 86.5 Å². The fraction of sp³-hybridized carbons (Fsp3) is 0.660. The van der Waals surface area contributed by atoms with E-state index in [1.54, 1.807) is 0 Å². The number of piperazine rings is 6. The van der Waals surface area contributed by atoms with Crippen molar-refractivity contribution < 1.29 is 27.4 Å². The van der Waals surface area contributed by atoms with Gasteiger partial charge in [-0.3, -0.25) is 0 Å². The third-order valence-corrected chi connectivity index (χ3v) is 13.7. The highest BCUT2D eigenvalue weighted by molar-refractivity contribution is 5.55. The Morgan fingerprint density at radius 3 is 1.36 bits per heavy atom. The average molecular weight is 727 g/mol. The second-order valence-electron chi connectivity index (χ2n) is 17.1. The SMILES string of the molecule is C.CC#Cc1ccc(C#Cc2cc(OCC[N+]34CC[N+](CCCCCC)(CC3)CC4)c(C)cc2OCC[N+]23CC[N+](CCCCCC)(CC2)CC3)cc1. The van der Waals surface area contributed by atoms with Crippen LogP contribution in [0.3, 0.4) is 0 Å². The first-order valence-electron chi connectivity index (χ1n) is 21.2. The first-order valence-corrected chi connectivity index (χ1v) is 21.2. The van der Waals surface area contributed by atoms with Crippen LogP contribution in [0.15, 0.2) is 36.4 Å². The molecule has 2 aromatic rings. The van der Waals surface area contributed by atoms with Gasteiger partial charge in [0.2, 0.25) is 0 Å². The minimum atomic E-state index is 0. The number of ether oxygens (including phenoxy) is 2. The fourth-order valence-corrected chi connectivity index (χ4v) is 9.63. The molecular weight excluding hydrogens is 653 g/mol. The van der Waals surface area contributed by atoms with Crippen molar-refractivity contribution in [3.05, 3.63) is 58.7 Å². The van der Waals surface area contributed by atoms with Crippen LogP contribution >= 0.6 is 0 Å². The summed E-state index contributed by atoms with van der Waals surface area (Å²) in [6.07, 6.45) is 11.0. The molecule has 0 N–H and O–H groups in total. The van der Waals surface area contributed by atoms with E-state index in [4.69, 9.17) is 9.47 Å². The van der Waals surface area contributed by atoms with Gasteiger partial charge in [0.1, 0.15) is 116 Å². The summed E-state index contributed by atoms with van der Waals surface area (Å²) < 4.78 is 18.5. The van der Waals surface area contributed by atoms with Gasteiger partial charge in [-0.2, -0.15) is 0 Å². The van der Waals surface area contributed by atoms with Crippen LogP contribution in [0.5, 0.6) is 11.5 Å². The van der Waals surface area contributed by atoms with Crippen LogP contribution in [0.2, 0.25) is 0 Å². The van der Waals surface area contributed by atoms with E-state index in [1.165, 1.54) is 161 Å². The number of nitrogens with zero attached hydrogens (tertiary/aromatic N) is 4. The maximum Gasteiger partial charge on any atom is 0.137 e. The van der Waals surface area contributed by atoms with Gasteiger partial charge in [0, 0.05) is 11.1 Å². The lowest BCUT2D eigenvalue weighted by Crippen LogP contribution is -2.75. The largest absolute Gasteiger partial charge is 0.487 e. The van der Waals surface area contributed by atoms with Gasteiger partial charge >= 0.3 is 0 Å². The molecular formula is C47H74N4O2+4. The minimum absolute atomic E-state index is 0. The highest BCUT2D eigenvalue weighted by atomic mass is 16.5. The summed E-state index contributed by atoms with van der Waals surface area (Å²) in [7, 11) is 0. The Balaban J connectivity index is 0.00000541. The van der Waals surface area contributed by atoms with Crippen molar-refractivity contribution >= 4 is 0 Å². The summed E-state index contributed by atoms with van der Waals surface area (Å²) in [5.74, 6) is 14.9. The van der Waals surface area contributed by atoms with Crippen molar-refractivity contribution in [2.75, 3.05) is 118 Å².